The monoisotopic (exact) mass is 277 g/mol. The summed E-state index contributed by atoms with van der Waals surface area (Å²) in [6.45, 7) is 5.95. The summed E-state index contributed by atoms with van der Waals surface area (Å²) < 4.78 is 21.3. The van der Waals surface area contributed by atoms with Crippen LogP contribution in [-0.2, 0) is 15.9 Å². The molecule has 0 aliphatic heterocycles. The first-order valence-corrected chi connectivity index (χ1v) is 6.34. The SMILES string of the molecule is CC(C)(C)CC(=O)Nc1ccc(S(=O)[O-])cc1.[Na+]. The average molecular weight is 277 g/mol. The van der Waals surface area contributed by atoms with Gasteiger partial charge >= 0.3 is 29.6 Å². The largest absolute Gasteiger partial charge is 1.00 e. The standard InChI is InChI=1S/C12H17NO3S.Na/c1-12(2,3)8-11(14)13-9-4-6-10(7-5-9)17(15)16;/h4-7H,8H2,1-3H3,(H,13,14)(H,15,16);/q;+1/p-1. The van der Waals surface area contributed by atoms with Gasteiger partial charge in [0.2, 0.25) is 5.91 Å². The van der Waals surface area contributed by atoms with Gasteiger partial charge < -0.3 is 9.87 Å². The van der Waals surface area contributed by atoms with Crippen LogP contribution in [0.25, 0.3) is 0 Å². The molecule has 4 nitrogen and oxygen atoms in total. The fourth-order valence-corrected chi connectivity index (χ4v) is 1.69. The van der Waals surface area contributed by atoms with Gasteiger partial charge in [-0.3, -0.25) is 9.00 Å². The molecule has 1 N–H and O–H groups in total. The Kier molecular flexibility index (Phi) is 7.32. The Hall–Kier alpha value is -0.200. The Morgan fingerprint density at radius 2 is 1.78 bits per heavy atom. The molecule has 1 rings (SSSR count). The van der Waals surface area contributed by atoms with Crippen LogP contribution in [0.15, 0.2) is 29.2 Å². The van der Waals surface area contributed by atoms with Gasteiger partial charge in [-0.2, -0.15) is 0 Å². The minimum Gasteiger partial charge on any atom is -0.768 e. The molecule has 0 aliphatic carbocycles. The summed E-state index contributed by atoms with van der Waals surface area (Å²) in [6.07, 6.45) is 0.419. The van der Waals surface area contributed by atoms with Crippen molar-refractivity contribution in [1.29, 1.82) is 0 Å². The molecule has 0 aliphatic rings. The summed E-state index contributed by atoms with van der Waals surface area (Å²) >= 11 is -2.23. The number of hydrogen-bond acceptors (Lipinski definition) is 3. The zero-order valence-electron chi connectivity index (χ0n) is 11.1. The van der Waals surface area contributed by atoms with Gasteiger partial charge in [-0.25, -0.2) is 0 Å². The first kappa shape index (κ1) is 17.8. The predicted molar refractivity (Wildman–Crippen MR) is 66.3 cm³/mol. The molecule has 1 aromatic carbocycles. The second-order valence-electron chi connectivity index (χ2n) is 5.04. The molecule has 0 radical (unpaired) electrons. The summed E-state index contributed by atoms with van der Waals surface area (Å²) in [7, 11) is 0. The summed E-state index contributed by atoms with van der Waals surface area (Å²) in [6, 6.07) is 6.06. The third-order valence-electron chi connectivity index (χ3n) is 2.02. The molecule has 1 atom stereocenters. The molecule has 1 aromatic rings. The van der Waals surface area contributed by atoms with Gasteiger partial charge in [0, 0.05) is 17.0 Å². The smallest absolute Gasteiger partial charge is 0.768 e. The molecular formula is C12H16NNaO3S. The van der Waals surface area contributed by atoms with Crippen LogP contribution in [0.1, 0.15) is 27.2 Å². The van der Waals surface area contributed by atoms with E-state index in [0.29, 0.717) is 12.1 Å². The first-order valence-electron chi connectivity index (χ1n) is 5.27. The van der Waals surface area contributed by atoms with E-state index in [1.54, 1.807) is 12.1 Å². The molecule has 1 unspecified atom stereocenters. The Labute approximate surface area is 132 Å². The molecule has 0 saturated heterocycles. The minimum absolute atomic E-state index is 0. The molecule has 18 heavy (non-hydrogen) atoms. The Morgan fingerprint density at radius 3 is 2.17 bits per heavy atom. The molecule has 0 fully saturated rings. The maximum atomic E-state index is 11.6. The second kappa shape index (κ2) is 7.40. The maximum absolute atomic E-state index is 11.6. The molecule has 0 spiro atoms. The quantitative estimate of drug-likeness (QED) is 0.587. The van der Waals surface area contributed by atoms with Gasteiger partial charge in [0.1, 0.15) is 0 Å². The summed E-state index contributed by atoms with van der Waals surface area (Å²) in [4.78, 5) is 11.8. The number of carbonyl (C=O) groups excluding carboxylic acids is 1. The third-order valence-corrected chi connectivity index (χ3v) is 2.68. The van der Waals surface area contributed by atoms with E-state index in [4.69, 9.17) is 0 Å². The predicted octanol–water partition coefficient (Wildman–Crippen LogP) is -0.697. The number of amides is 1. The van der Waals surface area contributed by atoms with Crippen molar-refractivity contribution in [3.8, 4) is 0 Å². The van der Waals surface area contributed by atoms with Crippen LogP contribution in [0.5, 0.6) is 0 Å². The van der Waals surface area contributed by atoms with E-state index >= 15 is 0 Å². The van der Waals surface area contributed by atoms with Crippen molar-refractivity contribution in [2.75, 3.05) is 5.32 Å². The van der Waals surface area contributed by atoms with Gasteiger partial charge in [-0.15, -0.1) is 0 Å². The van der Waals surface area contributed by atoms with Gasteiger partial charge in [0.25, 0.3) is 0 Å². The molecule has 1 amide bonds. The number of anilines is 1. The van der Waals surface area contributed by atoms with Crippen LogP contribution in [0.4, 0.5) is 5.69 Å². The van der Waals surface area contributed by atoms with Crippen molar-refractivity contribution in [3.63, 3.8) is 0 Å². The maximum Gasteiger partial charge on any atom is 1.00 e. The number of benzene rings is 1. The van der Waals surface area contributed by atoms with Crippen LogP contribution in [-0.4, -0.2) is 14.7 Å². The molecule has 0 heterocycles. The number of nitrogens with one attached hydrogen (secondary N) is 1. The molecular weight excluding hydrogens is 261 g/mol. The van der Waals surface area contributed by atoms with Crippen LogP contribution in [0, 0.1) is 5.41 Å². The van der Waals surface area contributed by atoms with E-state index in [0.717, 1.165) is 0 Å². The van der Waals surface area contributed by atoms with E-state index in [1.165, 1.54) is 12.1 Å². The average Bonchev–Trinajstić information content (AvgIpc) is 2.15. The fourth-order valence-electron chi connectivity index (χ4n) is 1.34. The van der Waals surface area contributed by atoms with Crippen LogP contribution >= 0.6 is 0 Å². The van der Waals surface area contributed by atoms with Gasteiger partial charge in [-0.1, -0.05) is 20.8 Å². The van der Waals surface area contributed by atoms with Crippen molar-refractivity contribution in [1.82, 2.24) is 0 Å². The van der Waals surface area contributed by atoms with E-state index in [1.807, 2.05) is 20.8 Å². The first-order chi connectivity index (χ1) is 7.78. The van der Waals surface area contributed by atoms with Gasteiger partial charge in [0.05, 0.1) is 0 Å². The van der Waals surface area contributed by atoms with Gasteiger partial charge in [0.15, 0.2) is 0 Å². The molecule has 0 aromatic heterocycles. The molecule has 94 valence electrons. The number of hydrogen-bond donors (Lipinski definition) is 1. The van der Waals surface area contributed by atoms with E-state index in [9.17, 15) is 13.6 Å². The molecule has 0 bridgehead atoms. The van der Waals surface area contributed by atoms with Crippen molar-refractivity contribution in [3.05, 3.63) is 24.3 Å². The van der Waals surface area contributed by atoms with Crippen LogP contribution in [0.3, 0.4) is 0 Å². The zero-order chi connectivity index (χ0) is 13.1. The van der Waals surface area contributed by atoms with Gasteiger partial charge in [-0.05, 0) is 40.8 Å². The van der Waals surface area contributed by atoms with Crippen molar-refractivity contribution < 1.29 is 43.1 Å². The summed E-state index contributed by atoms with van der Waals surface area (Å²) in [5.74, 6) is -0.0755. The Morgan fingerprint density at radius 1 is 1.28 bits per heavy atom. The minimum atomic E-state index is -2.23. The fraction of sp³-hybridized carbons (Fsp3) is 0.417. The topological polar surface area (TPSA) is 69.2 Å². The summed E-state index contributed by atoms with van der Waals surface area (Å²) in [5.41, 5.74) is 0.536. The Bertz CT molecular complexity index is 426. The van der Waals surface area contributed by atoms with E-state index in [2.05, 4.69) is 5.32 Å². The van der Waals surface area contributed by atoms with Crippen molar-refractivity contribution >= 4 is 22.7 Å². The van der Waals surface area contributed by atoms with Crippen LogP contribution < -0.4 is 34.9 Å². The zero-order valence-corrected chi connectivity index (χ0v) is 14.0. The van der Waals surface area contributed by atoms with E-state index in [-0.39, 0.29) is 45.8 Å². The van der Waals surface area contributed by atoms with E-state index < -0.39 is 11.1 Å². The normalized spacial score (nSPS) is 12.4. The molecule has 6 heteroatoms. The molecule has 0 saturated carbocycles. The second-order valence-corrected chi connectivity index (χ2v) is 5.99. The number of rotatable bonds is 3. The Balaban J connectivity index is 0.00000289. The third kappa shape index (κ3) is 6.66. The van der Waals surface area contributed by atoms with Crippen LogP contribution in [0.2, 0.25) is 0 Å². The van der Waals surface area contributed by atoms with Crippen molar-refractivity contribution in [2.45, 2.75) is 32.1 Å². The summed E-state index contributed by atoms with van der Waals surface area (Å²) in [5, 5.41) is 2.72. The number of carbonyl (C=O) groups is 1. The van der Waals surface area contributed by atoms with Crippen molar-refractivity contribution in [2.24, 2.45) is 5.41 Å².